The summed E-state index contributed by atoms with van der Waals surface area (Å²) in [7, 11) is 3.34. The molecule has 2 heterocycles. The van der Waals surface area contributed by atoms with E-state index in [0.717, 1.165) is 27.9 Å². The van der Waals surface area contributed by atoms with E-state index in [4.69, 9.17) is 9.84 Å². The summed E-state index contributed by atoms with van der Waals surface area (Å²) in [6, 6.07) is 7.25. The van der Waals surface area contributed by atoms with E-state index in [1.54, 1.807) is 24.9 Å². The molecular weight excluding hydrogens is 258 g/mol. The van der Waals surface area contributed by atoms with Crippen LogP contribution in [0, 0.1) is 0 Å². The lowest BCUT2D eigenvalue weighted by Gasteiger charge is -2.07. The van der Waals surface area contributed by atoms with Crippen LogP contribution in [-0.2, 0) is 7.05 Å². The van der Waals surface area contributed by atoms with E-state index in [-0.39, 0.29) is 5.69 Å². The minimum atomic E-state index is -1.04. The van der Waals surface area contributed by atoms with Crippen LogP contribution in [0.3, 0.4) is 0 Å². The average Bonchev–Trinajstić information content (AvgIpc) is 3.04. The average molecular weight is 271 g/mol. The van der Waals surface area contributed by atoms with Crippen molar-refractivity contribution >= 4 is 16.9 Å². The Bertz CT molecular complexity index is 801. The summed E-state index contributed by atoms with van der Waals surface area (Å²) in [5, 5.41) is 14.0. The Kier molecular flexibility index (Phi) is 2.71. The van der Waals surface area contributed by atoms with Crippen LogP contribution in [0.4, 0.5) is 0 Å². The molecule has 2 aromatic heterocycles. The number of aromatic carboxylic acids is 1. The van der Waals surface area contributed by atoms with Gasteiger partial charge in [0.05, 0.1) is 18.3 Å². The maximum absolute atomic E-state index is 11.0. The summed E-state index contributed by atoms with van der Waals surface area (Å²) in [5.74, 6) is -0.292. The monoisotopic (exact) mass is 271 g/mol. The van der Waals surface area contributed by atoms with E-state index < -0.39 is 5.97 Å². The lowest BCUT2D eigenvalue weighted by molar-refractivity contribution is 0.0689. The van der Waals surface area contributed by atoms with E-state index in [9.17, 15) is 4.79 Å². The topological polar surface area (TPSA) is 80.1 Å². The number of benzene rings is 1. The van der Waals surface area contributed by atoms with Gasteiger partial charge in [-0.1, -0.05) is 0 Å². The Morgan fingerprint density at radius 1 is 1.40 bits per heavy atom. The van der Waals surface area contributed by atoms with E-state index in [1.807, 2.05) is 24.4 Å². The van der Waals surface area contributed by atoms with E-state index >= 15 is 0 Å². The predicted molar refractivity (Wildman–Crippen MR) is 74.0 cm³/mol. The molecule has 0 aliphatic heterocycles. The summed E-state index contributed by atoms with van der Waals surface area (Å²) in [4.78, 5) is 14.1. The molecule has 6 heteroatoms. The van der Waals surface area contributed by atoms with Crippen molar-refractivity contribution in [2.45, 2.75) is 0 Å². The van der Waals surface area contributed by atoms with Crippen LogP contribution in [0.15, 0.2) is 30.5 Å². The van der Waals surface area contributed by atoms with Crippen LogP contribution < -0.4 is 4.74 Å². The number of hydrogen-bond donors (Lipinski definition) is 2. The minimum Gasteiger partial charge on any atom is -0.495 e. The van der Waals surface area contributed by atoms with Gasteiger partial charge in [-0.25, -0.2) is 4.79 Å². The smallest absolute Gasteiger partial charge is 0.356 e. The van der Waals surface area contributed by atoms with Gasteiger partial charge in [0.15, 0.2) is 5.69 Å². The molecule has 20 heavy (non-hydrogen) atoms. The number of nitrogens with one attached hydrogen (secondary N) is 1. The Labute approximate surface area is 114 Å². The Morgan fingerprint density at radius 2 is 2.20 bits per heavy atom. The normalized spacial score (nSPS) is 10.9. The predicted octanol–water partition coefficient (Wildman–Crippen LogP) is 2.28. The second-order valence-corrected chi connectivity index (χ2v) is 4.43. The zero-order valence-corrected chi connectivity index (χ0v) is 11.0. The summed E-state index contributed by atoms with van der Waals surface area (Å²) in [6.07, 6.45) is 1.82. The number of aromatic amines is 1. The first-order valence-corrected chi connectivity index (χ1v) is 6.03. The van der Waals surface area contributed by atoms with Gasteiger partial charge in [-0.05, 0) is 24.3 Å². The van der Waals surface area contributed by atoms with Crippen molar-refractivity contribution in [3.8, 4) is 17.0 Å². The molecule has 0 spiro atoms. The van der Waals surface area contributed by atoms with Gasteiger partial charge >= 0.3 is 5.97 Å². The van der Waals surface area contributed by atoms with Crippen LogP contribution in [0.5, 0.6) is 5.75 Å². The number of methoxy groups -OCH3 is 1. The number of carbonyl (C=O) groups is 1. The Balaban J connectivity index is 2.25. The van der Waals surface area contributed by atoms with E-state index in [2.05, 4.69) is 10.1 Å². The molecule has 0 atom stereocenters. The standard InChI is InChI=1S/C14H13N3O3/c1-17-11(7-10(16-17)14(18)19)8-3-4-12(20-2)13-9(8)5-6-15-13/h3-7,15H,1-2H3,(H,18,19). The van der Waals surface area contributed by atoms with E-state index in [1.165, 1.54) is 0 Å². The molecule has 0 amide bonds. The minimum absolute atomic E-state index is 0.0296. The van der Waals surface area contributed by atoms with Crippen molar-refractivity contribution in [2.24, 2.45) is 7.05 Å². The third-order valence-corrected chi connectivity index (χ3v) is 3.28. The van der Waals surface area contributed by atoms with Gasteiger partial charge in [-0.15, -0.1) is 0 Å². The molecule has 0 bridgehead atoms. The van der Waals surface area contributed by atoms with Crippen LogP contribution >= 0.6 is 0 Å². The summed E-state index contributed by atoms with van der Waals surface area (Å²) in [5.41, 5.74) is 2.56. The number of rotatable bonds is 3. The van der Waals surface area contributed by atoms with Gasteiger partial charge in [0.1, 0.15) is 5.75 Å². The van der Waals surface area contributed by atoms with Crippen molar-refractivity contribution in [2.75, 3.05) is 7.11 Å². The highest BCUT2D eigenvalue weighted by atomic mass is 16.5. The first-order valence-electron chi connectivity index (χ1n) is 6.03. The molecule has 0 unspecified atom stereocenters. The number of nitrogens with zero attached hydrogens (tertiary/aromatic N) is 2. The van der Waals surface area contributed by atoms with E-state index in [0.29, 0.717) is 0 Å². The molecule has 6 nitrogen and oxygen atoms in total. The van der Waals surface area contributed by atoms with Crippen LogP contribution in [-0.4, -0.2) is 33.0 Å². The zero-order chi connectivity index (χ0) is 14.3. The summed E-state index contributed by atoms with van der Waals surface area (Å²) >= 11 is 0. The number of H-pyrrole nitrogens is 1. The number of aromatic nitrogens is 3. The number of hydrogen-bond acceptors (Lipinski definition) is 3. The van der Waals surface area contributed by atoms with Gasteiger partial charge in [0, 0.05) is 24.2 Å². The highest BCUT2D eigenvalue weighted by Gasteiger charge is 2.16. The number of ether oxygens (including phenoxy) is 1. The maximum Gasteiger partial charge on any atom is 0.356 e. The van der Waals surface area contributed by atoms with Crippen LogP contribution in [0.2, 0.25) is 0 Å². The zero-order valence-electron chi connectivity index (χ0n) is 11.0. The molecule has 0 radical (unpaired) electrons. The molecule has 2 N–H and O–H groups in total. The second kappa shape index (κ2) is 4.41. The van der Waals surface area contributed by atoms with Crippen molar-refractivity contribution in [3.63, 3.8) is 0 Å². The van der Waals surface area contributed by atoms with Gasteiger partial charge < -0.3 is 14.8 Å². The first kappa shape index (κ1) is 12.3. The fraction of sp³-hybridized carbons (Fsp3) is 0.143. The second-order valence-electron chi connectivity index (χ2n) is 4.43. The molecule has 0 saturated heterocycles. The number of fused-ring (bicyclic) bond motifs is 1. The van der Waals surface area contributed by atoms with Crippen molar-refractivity contribution < 1.29 is 14.6 Å². The van der Waals surface area contributed by atoms with Gasteiger partial charge in [-0.3, -0.25) is 4.68 Å². The third-order valence-electron chi connectivity index (χ3n) is 3.28. The fourth-order valence-electron chi connectivity index (χ4n) is 2.35. The molecule has 102 valence electrons. The molecule has 0 fully saturated rings. The maximum atomic E-state index is 11.0. The molecule has 0 saturated carbocycles. The number of carboxylic acid groups (broad SMARTS) is 1. The molecule has 0 aliphatic carbocycles. The molecule has 3 rings (SSSR count). The third kappa shape index (κ3) is 1.73. The fourth-order valence-corrected chi connectivity index (χ4v) is 2.35. The van der Waals surface area contributed by atoms with Crippen molar-refractivity contribution in [3.05, 3.63) is 36.2 Å². The SMILES string of the molecule is COc1ccc(-c2cc(C(=O)O)nn2C)c2cc[nH]c12. The van der Waals surface area contributed by atoms with Crippen LogP contribution in [0.25, 0.3) is 22.2 Å². The lowest BCUT2D eigenvalue weighted by Crippen LogP contribution is -1.99. The lowest BCUT2D eigenvalue weighted by atomic mass is 10.1. The molecule has 1 aromatic carbocycles. The summed E-state index contributed by atoms with van der Waals surface area (Å²) in [6.45, 7) is 0. The number of aryl methyl sites for hydroxylation is 1. The quantitative estimate of drug-likeness (QED) is 0.765. The largest absolute Gasteiger partial charge is 0.495 e. The molecule has 3 aromatic rings. The molecular formula is C14H13N3O3. The molecule has 0 aliphatic rings. The number of carboxylic acids is 1. The van der Waals surface area contributed by atoms with Gasteiger partial charge in [0.25, 0.3) is 0 Å². The highest BCUT2D eigenvalue weighted by Crippen LogP contribution is 2.33. The Morgan fingerprint density at radius 3 is 2.85 bits per heavy atom. The van der Waals surface area contributed by atoms with Crippen LogP contribution in [0.1, 0.15) is 10.5 Å². The first-order chi connectivity index (χ1) is 9.61. The van der Waals surface area contributed by atoms with Gasteiger partial charge in [0.2, 0.25) is 0 Å². The summed E-state index contributed by atoms with van der Waals surface area (Å²) < 4.78 is 6.87. The van der Waals surface area contributed by atoms with Gasteiger partial charge in [-0.2, -0.15) is 5.10 Å². The Hall–Kier alpha value is -2.76. The van der Waals surface area contributed by atoms with Crippen molar-refractivity contribution in [1.82, 2.24) is 14.8 Å². The van der Waals surface area contributed by atoms with Crippen molar-refractivity contribution in [1.29, 1.82) is 0 Å². The highest BCUT2D eigenvalue weighted by molar-refractivity contribution is 5.98.